The minimum atomic E-state index is -4.56. The first-order valence-corrected chi connectivity index (χ1v) is 9.52. The average molecular weight is 447 g/mol. The molecule has 2 aromatic rings. The van der Waals surface area contributed by atoms with Crippen LogP contribution in [0, 0.1) is 0 Å². The van der Waals surface area contributed by atoms with E-state index in [1.165, 1.54) is 24.3 Å². The zero-order chi connectivity index (χ0) is 22.4. The topological polar surface area (TPSA) is 41.9 Å². The quantitative estimate of drug-likeness (QED) is 0.677. The van der Waals surface area contributed by atoms with E-state index >= 15 is 0 Å². The van der Waals surface area contributed by atoms with Crippen LogP contribution in [-0.2, 0) is 21.8 Å². The molecule has 168 valence electrons. The van der Waals surface area contributed by atoms with Gasteiger partial charge in [-0.1, -0.05) is 24.3 Å². The van der Waals surface area contributed by atoms with Gasteiger partial charge in [0.05, 0.1) is 29.9 Å². The average Bonchev–Trinajstić information content (AvgIpc) is 3.24. The number of fused-ring (bicyclic) bond motifs is 1. The minimum absolute atomic E-state index is 0.0595. The summed E-state index contributed by atoms with van der Waals surface area (Å²) >= 11 is 0. The van der Waals surface area contributed by atoms with Crippen LogP contribution < -0.4 is 0 Å². The fourth-order valence-corrected chi connectivity index (χ4v) is 4.17. The Balaban J connectivity index is 1.75. The molecule has 1 unspecified atom stereocenters. The van der Waals surface area contributed by atoms with Crippen molar-refractivity contribution in [3.63, 3.8) is 0 Å². The van der Waals surface area contributed by atoms with Crippen molar-refractivity contribution in [1.82, 2.24) is 4.90 Å². The van der Waals surface area contributed by atoms with Crippen LogP contribution in [0.15, 0.2) is 48.5 Å². The zero-order valence-corrected chi connectivity index (χ0v) is 16.1. The Morgan fingerprint density at radius 2 is 1.29 bits per heavy atom. The molecule has 31 heavy (non-hydrogen) atoms. The number of hydrogen-bond donors (Lipinski definition) is 1. The summed E-state index contributed by atoms with van der Waals surface area (Å²) < 4.78 is 90.8. The Bertz CT molecular complexity index is 876. The van der Waals surface area contributed by atoms with Gasteiger partial charge in [-0.3, -0.25) is 0 Å². The van der Waals surface area contributed by atoms with Crippen LogP contribution in [0.1, 0.15) is 41.1 Å². The first kappa shape index (κ1) is 22.1. The van der Waals surface area contributed by atoms with Crippen molar-refractivity contribution in [1.29, 1.82) is 0 Å². The van der Waals surface area contributed by atoms with Crippen LogP contribution in [0.4, 0.5) is 26.3 Å². The third-order valence-corrected chi connectivity index (χ3v) is 5.65. The van der Waals surface area contributed by atoms with Gasteiger partial charge < -0.3 is 14.6 Å². The molecule has 0 amide bonds. The van der Waals surface area contributed by atoms with E-state index in [1.54, 1.807) is 4.90 Å². The van der Waals surface area contributed by atoms with Gasteiger partial charge in [-0.05, 0) is 41.8 Å². The largest absolute Gasteiger partial charge is 0.416 e. The number of halogens is 6. The van der Waals surface area contributed by atoms with Gasteiger partial charge in [0.25, 0.3) is 0 Å². The summed E-state index contributed by atoms with van der Waals surface area (Å²) in [5.41, 5.74) is -2.17. The molecule has 2 fully saturated rings. The van der Waals surface area contributed by atoms with Gasteiger partial charge >= 0.3 is 12.4 Å². The molecule has 10 heteroatoms. The van der Waals surface area contributed by atoms with Gasteiger partial charge in [0, 0.05) is 6.61 Å². The van der Waals surface area contributed by atoms with Crippen molar-refractivity contribution in [3.05, 3.63) is 70.8 Å². The van der Waals surface area contributed by atoms with Crippen molar-refractivity contribution in [2.45, 2.75) is 36.8 Å². The summed E-state index contributed by atoms with van der Waals surface area (Å²) in [6.07, 6.45) is -10.9. The summed E-state index contributed by atoms with van der Waals surface area (Å²) in [5, 5.41) is 9.55. The lowest BCUT2D eigenvalue weighted by Crippen LogP contribution is -2.45. The van der Waals surface area contributed by atoms with Crippen LogP contribution in [-0.4, -0.2) is 35.4 Å². The number of nitrogens with zero attached hydrogens (tertiary/aromatic N) is 1. The Morgan fingerprint density at radius 1 is 0.839 bits per heavy atom. The number of alkyl halides is 6. The summed E-state index contributed by atoms with van der Waals surface area (Å²) in [7, 11) is 0. The van der Waals surface area contributed by atoms with Crippen molar-refractivity contribution in [2.75, 3.05) is 19.8 Å². The Kier molecular flexibility index (Phi) is 5.53. The van der Waals surface area contributed by atoms with Crippen molar-refractivity contribution in [2.24, 2.45) is 0 Å². The maximum Gasteiger partial charge on any atom is 0.416 e. The molecule has 4 nitrogen and oxygen atoms in total. The Hall–Kier alpha value is -2.14. The number of aliphatic hydroxyl groups is 1. The van der Waals surface area contributed by atoms with Gasteiger partial charge in [0.2, 0.25) is 0 Å². The lowest BCUT2D eigenvalue weighted by molar-refractivity contribution is -0.138. The van der Waals surface area contributed by atoms with Crippen LogP contribution in [0.5, 0.6) is 0 Å². The molecule has 0 spiro atoms. The highest BCUT2D eigenvalue weighted by Crippen LogP contribution is 2.51. The third kappa shape index (κ3) is 4.05. The maximum absolute atomic E-state index is 13.2. The first-order valence-electron chi connectivity index (χ1n) is 9.52. The zero-order valence-electron chi connectivity index (χ0n) is 16.1. The molecule has 2 aliphatic heterocycles. The summed E-state index contributed by atoms with van der Waals surface area (Å²) in [4.78, 5) is 1.63. The molecule has 2 aliphatic rings. The minimum Gasteiger partial charge on any atom is -0.396 e. The molecule has 0 bridgehead atoms. The van der Waals surface area contributed by atoms with E-state index in [0.717, 1.165) is 24.3 Å². The number of ether oxygens (including phenoxy) is 2. The fraction of sp³-hybridized carbons (Fsp3) is 0.429. The second-order valence-electron chi connectivity index (χ2n) is 7.68. The van der Waals surface area contributed by atoms with E-state index in [4.69, 9.17) is 9.47 Å². The standard InChI is InChI=1S/C21H19F6NO3/c22-20(23,24)15-5-1-3-13(9-15)17-28-18(31-12-19(28,7-8-29)11-30-17)14-4-2-6-16(10-14)21(25,26)27/h1-6,9-10,17-18,29H,7-8,11-12H2/t17-,18?,19-/m0/s1. The predicted molar refractivity (Wildman–Crippen MR) is 96.5 cm³/mol. The summed E-state index contributed by atoms with van der Waals surface area (Å²) in [6, 6.07) is 9.23. The van der Waals surface area contributed by atoms with Gasteiger partial charge in [0.15, 0.2) is 0 Å². The Labute approximate surface area is 174 Å². The van der Waals surface area contributed by atoms with Gasteiger partial charge in [-0.25, -0.2) is 4.90 Å². The second-order valence-corrected chi connectivity index (χ2v) is 7.68. The van der Waals surface area contributed by atoms with E-state index in [2.05, 4.69) is 0 Å². The monoisotopic (exact) mass is 447 g/mol. The highest BCUT2D eigenvalue weighted by atomic mass is 19.4. The molecule has 3 atom stereocenters. The molecule has 2 aromatic carbocycles. The summed E-state index contributed by atoms with van der Waals surface area (Å²) in [6.45, 7) is -0.123. The molecule has 1 N–H and O–H groups in total. The van der Waals surface area contributed by atoms with Gasteiger partial charge in [0.1, 0.15) is 12.5 Å². The van der Waals surface area contributed by atoms with Crippen molar-refractivity contribution >= 4 is 0 Å². The van der Waals surface area contributed by atoms with Gasteiger partial charge in [-0.15, -0.1) is 0 Å². The van der Waals surface area contributed by atoms with Crippen LogP contribution in [0.3, 0.4) is 0 Å². The molecule has 4 rings (SSSR count). The fourth-order valence-electron chi connectivity index (χ4n) is 4.17. The lowest BCUT2D eigenvalue weighted by atomic mass is 9.95. The predicted octanol–water partition coefficient (Wildman–Crippen LogP) is 4.91. The Morgan fingerprint density at radius 3 is 1.68 bits per heavy atom. The molecule has 0 radical (unpaired) electrons. The van der Waals surface area contributed by atoms with E-state index < -0.39 is 41.5 Å². The molecule has 0 aromatic heterocycles. The normalized spacial score (nSPS) is 26.9. The molecule has 0 aliphatic carbocycles. The highest BCUT2D eigenvalue weighted by Gasteiger charge is 2.56. The molecular weight excluding hydrogens is 428 g/mol. The van der Waals surface area contributed by atoms with Crippen LogP contribution in [0.2, 0.25) is 0 Å². The molecular formula is C21H19F6NO3. The first-order chi connectivity index (χ1) is 14.5. The van der Waals surface area contributed by atoms with Crippen LogP contribution in [0.25, 0.3) is 0 Å². The third-order valence-electron chi connectivity index (χ3n) is 5.65. The van der Waals surface area contributed by atoms with Crippen molar-refractivity contribution in [3.8, 4) is 0 Å². The number of benzene rings is 2. The highest BCUT2D eigenvalue weighted by molar-refractivity contribution is 5.32. The van der Waals surface area contributed by atoms with E-state index in [1.807, 2.05) is 0 Å². The molecule has 0 saturated carbocycles. The number of aliphatic hydroxyl groups excluding tert-OH is 1. The lowest BCUT2D eigenvalue weighted by Gasteiger charge is -2.34. The number of hydrogen-bond acceptors (Lipinski definition) is 4. The van der Waals surface area contributed by atoms with E-state index in [0.29, 0.717) is 0 Å². The maximum atomic E-state index is 13.2. The smallest absolute Gasteiger partial charge is 0.396 e. The molecule has 2 saturated heterocycles. The second kappa shape index (κ2) is 7.77. The van der Waals surface area contributed by atoms with E-state index in [9.17, 15) is 31.4 Å². The van der Waals surface area contributed by atoms with Gasteiger partial charge in [-0.2, -0.15) is 26.3 Å². The van der Waals surface area contributed by atoms with E-state index in [-0.39, 0.29) is 37.4 Å². The summed E-state index contributed by atoms with van der Waals surface area (Å²) in [5.74, 6) is 0. The number of rotatable bonds is 4. The van der Waals surface area contributed by atoms with Crippen molar-refractivity contribution < 1.29 is 40.9 Å². The SMILES string of the molecule is OCC[C@]12COC(c3cccc(C(F)(F)F)c3)N1[C@H](c1cccc(C(F)(F)F)c1)OC2. The van der Waals surface area contributed by atoms with Crippen LogP contribution >= 0.6 is 0 Å². The molecule has 2 heterocycles.